The Morgan fingerprint density at radius 1 is 1.00 bits per heavy atom. The van der Waals surface area contributed by atoms with Gasteiger partial charge in [0.05, 0.1) is 0 Å². The van der Waals surface area contributed by atoms with Crippen molar-refractivity contribution in [3.8, 4) is 0 Å². The lowest BCUT2D eigenvalue weighted by molar-refractivity contribution is 0.489. The van der Waals surface area contributed by atoms with Gasteiger partial charge in [-0.2, -0.15) is 0 Å². The van der Waals surface area contributed by atoms with E-state index in [-0.39, 0.29) is 5.56 Å². The van der Waals surface area contributed by atoms with Crippen LogP contribution >= 0.6 is 0 Å². The van der Waals surface area contributed by atoms with E-state index in [1.54, 1.807) is 0 Å². The normalized spacial score (nSPS) is 10.7. The summed E-state index contributed by atoms with van der Waals surface area (Å²) in [4.78, 5) is 0. The van der Waals surface area contributed by atoms with E-state index in [0.717, 1.165) is 19.0 Å². The Balaban J connectivity index is 2.57. The highest BCUT2D eigenvalue weighted by Crippen LogP contribution is 2.13. The molecule has 0 spiro atoms. The molecule has 0 fully saturated rings. The number of rotatable bonds is 5. The van der Waals surface area contributed by atoms with Gasteiger partial charge in [-0.1, -0.05) is 6.92 Å². The number of benzene rings is 1. The van der Waals surface area contributed by atoms with Crippen molar-refractivity contribution >= 4 is 0 Å². The van der Waals surface area contributed by atoms with Crippen LogP contribution in [0.2, 0.25) is 0 Å². The van der Waals surface area contributed by atoms with Crippen molar-refractivity contribution in [3.05, 3.63) is 35.1 Å². The molecule has 1 rings (SSSR count). The molecule has 1 aromatic carbocycles. The van der Waals surface area contributed by atoms with E-state index in [9.17, 15) is 13.2 Å². The van der Waals surface area contributed by atoms with Gasteiger partial charge < -0.3 is 5.32 Å². The van der Waals surface area contributed by atoms with Crippen LogP contribution in [0.4, 0.5) is 13.2 Å². The molecule has 1 nitrogen and oxygen atoms in total. The highest BCUT2D eigenvalue weighted by Gasteiger charge is 2.08. The summed E-state index contributed by atoms with van der Waals surface area (Å²) in [6.45, 7) is 3.42. The fraction of sp³-hybridized carbons (Fsp3) is 0.455. The summed E-state index contributed by atoms with van der Waals surface area (Å²) in [6, 6.07) is 1.50. The molecule has 0 heterocycles. The predicted molar refractivity (Wildman–Crippen MR) is 53.2 cm³/mol. The molecule has 0 aromatic heterocycles. The van der Waals surface area contributed by atoms with E-state index in [0.29, 0.717) is 19.0 Å². The second-order valence-corrected chi connectivity index (χ2v) is 3.36. The minimum atomic E-state index is -1.14. The summed E-state index contributed by atoms with van der Waals surface area (Å²) in [5.41, 5.74) is 0.206. The first-order valence-corrected chi connectivity index (χ1v) is 4.99. The third-order valence-electron chi connectivity index (χ3n) is 2.09. The third kappa shape index (κ3) is 3.55. The molecule has 0 aliphatic rings. The first-order valence-electron chi connectivity index (χ1n) is 4.99. The number of hydrogen-bond donors (Lipinski definition) is 1. The molecule has 1 N–H and O–H groups in total. The first kappa shape index (κ1) is 12.0. The van der Waals surface area contributed by atoms with Gasteiger partial charge in [0.25, 0.3) is 0 Å². The van der Waals surface area contributed by atoms with Gasteiger partial charge in [0, 0.05) is 6.07 Å². The van der Waals surface area contributed by atoms with Gasteiger partial charge in [0.2, 0.25) is 0 Å². The molecule has 1 aromatic rings. The molecule has 0 unspecified atom stereocenters. The van der Waals surface area contributed by atoms with Gasteiger partial charge in [0.1, 0.15) is 5.82 Å². The fourth-order valence-electron chi connectivity index (χ4n) is 1.28. The van der Waals surface area contributed by atoms with Crippen molar-refractivity contribution in [2.45, 2.75) is 19.8 Å². The zero-order chi connectivity index (χ0) is 11.3. The van der Waals surface area contributed by atoms with Crippen LogP contribution in [0.3, 0.4) is 0 Å². The average molecular weight is 217 g/mol. The summed E-state index contributed by atoms with van der Waals surface area (Å²) in [5.74, 6) is -2.83. The molecule has 4 heteroatoms. The molecular weight excluding hydrogens is 203 g/mol. The Morgan fingerprint density at radius 2 is 1.67 bits per heavy atom. The van der Waals surface area contributed by atoms with Crippen LogP contribution in [0.5, 0.6) is 0 Å². The third-order valence-corrected chi connectivity index (χ3v) is 2.09. The first-order chi connectivity index (χ1) is 7.15. The van der Waals surface area contributed by atoms with E-state index in [1.807, 2.05) is 6.92 Å². The van der Waals surface area contributed by atoms with Crippen molar-refractivity contribution in [1.29, 1.82) is 0 Å². The van der Waals surface area contributed by atoms with Gasteiger partial charge in [-0.15, -0.1) is 0 Å². The van der Waals surface area contributed by atoms with E-state index >= 15 is 0 Å². The molecule has 0 atom stereocenters. The van der Waals surface area contributed by atoms with Crippen molar-refractivity contribution < 1.29 is 13.2 Å². The van der Waals surface area contributed by atoms with Gasteiger partial charge in [-0.3, -0.25) is 0 Å². The fourth-order valence-corrected chi connectivity index (χ4v) is 1.28. The maximum Gasteiger partial charge on any atom is 0.161 e. The second kappa shape index (κ2) is 5.75. The SMILES string of the molecule is CCCNCCc1cc(F)c(F)cc1F. The quantitative estimate of drug-likeness (QED) is 0.590. The topological polar surface area (TPSA) is 12.0 Å². The van der Waals surface area contributed by atoms with Crippen LogP contribution in [0.1, 0.15) is 18.9 Å². The Morgan fingerprint density at radius 3 is 2.33 bits per heavy atom. The minimum Gasteiger partial charge on any atom is -0.316 e. The lowest BCUT2D eigenvalue weighted by atomic mass is 10.1. The molecule has 84 valence electrons. The summed E-state index contributed by atoms with van der Waals surface area (Å²) in [6.07, 6.45) is 1.35. The van der Waals surface area contributed by atoms with Crippen molar-refractivity contribution in [2.24, 2.45) is 0 Å². The Bertz CT molecular complexity index is 326. The van der Waals surface area contributed by atoms with Crippen LogP contribution in [0, 0.1) is 17.5 Å². The molecule has 15 heavy (non-hydrogen) atoms. The number of nitrogens with one attached hydrogen (secondary N) is 1. The smallest absolute Gasteiger partial charge is 0.161 e. The van der Waals surface area contributed by atoms with E-state index in [4.69, 9.17) is 0 Å². The van der Waals surface area contributed by atoms with Crippen molar-refractivity contribution in [3.63, 3.8) is 0 Å². The predicted octanol–water partition coefficient (Wildman–Crippen LogP) is 2.65. The molecule has 0 amide bonds. The zero-order valence-corrected chi connectivity index (χ0v) is 8.62. The Labute approximate surface area is 87.3 Å². The summed E-state index contributed by atoms with van der Waals surface area (Å²) >= 11 is 0. The molecule has 0 bridgehead atoms. The number of hydrogen-bond acceptors (Lipinski definition) is 1. The summed E-state index contributed by atoms with van der Waals surface area (Å²) < 4.78 is 38.4. The van der Waals surface area contributed by atoms with Gasteiger partial charge in [-0.05, 0) is 37.6 Å². The van der Waals surface area contributed by atoms with Crippen LogP contribution in [-0.4, -0.2) is 13.1 Å². The monoisotopic (exact) mass is 217 g/mol. The molecule has 0 radical (unpaired) electrons. The lowest BCUT2D eigenvalue weighted by Gasteiger charge is -2.05. The van der Waals surface area contributed by atoms with Gasteiger partial charge >= 0.3 is 0 Å². The van der Waals surface area contributed by atoms with E-state index < -0.39 is 17.5 Å². The van der Waals surface area contributed by atoms with Crippen molar-refractivity contribution in [1.82, 2.24) is 5.32 Å². The average Bonchev–Trinajstić information content (AvgIpc) is 2.20. The minimum absolute atomic E-state index is 0.206. The Hall–Kier alpha value is -1.03. The Kier molecular flexibility index (Phi) is 4.62. The van der Waals surface area contributed by atoms with E-state index in [2.05, 4.69) is 5.32 Å². The second-order valence-electron chi connectivity index (χ2n) is 3.36. The van der Waals surface area contributed by atoms with Crippen LogP contribution in [0.15, 0.2) is 12.1 Å². The number of halogens is 3. The summed E-state index contributed by atoms with van der Waals surface area (Å²) in [5, 5.41) is 3.06. The highest BCUT2D eigenvalue weighted by molar-refractivity contribution is 5.20. The van der Waals surface area contributed by atoms with Crippen LogP contribution in [0.25, 0.3) is 0 Å². The molecule has 0 aliphatic carbocycles. The highest BCUT2D eigenvalue weighted by atomic mass is 19.2. The molecular formula is C11H14F3N. The summed E-state index contributed by atoms with van der Waals surface area (Å²) in [7, 11) is 0. The maximum absolute atomic E-state index is 13.1. The molecule has 0 aliphatic heterocycles. The molecule has 0 saturated heterocycles. The standard InChI is InChI=1S/C11H14F3N/c1-2-4-15-5-3-8-6-10(13)11(14)7-9(8)12/h6-7,15H,2-5H2,1H3. The van der Waals surface area contributed by atoms with E-state index in [1.165, 1.54) is 0 Å². The van der Waals surface area contributed by atoms with Gasteiger partial charge in [0.15, 0.2) is 11.6 Å². The lowest BCUT2D eigenvalue weighted by Crippen LogP contribution is -2.18. The maximum atomic E-state index is 13.1. The van der Waals surface area contributed by atoms with Crippen LogP contribution in [-0.2, 0) is 6.42 Å². The van der Waals surface area contributed by atoms with Gasteiger partial charge in [-0.25, -0.2) is 13.2 Å². The zero-order valence-electron chi connectivity index (χ0n) is 8.62. The van der Waals surface area contributed by atoms with Crippen molar-refractivity contribution in [2.75, 3.05) is 13.1 Å². The van der Waals surface area contributed by atoms with Crippen LogP contribution < -0.4 is 5.32 Å². The molecule has 0 saturated carbocycles. The largest absolute Gasteiger partial charge is 0.316 e.